The Morgan fingerprint density at radius 2 is 1.45 bits per heavy atom. The van der Waals surface area contributed by atoms with Crippen molar-refractivity contribution in [2.75, 3.05) is 0 Å². The van der Waals surface area contributed by atoms with E-state index in [-0.39, 0.29) is 22.8 Å². The van der Waals surface area contributed by atoms with Gasteiger partial charge in [-0.05, 0) is 11.1 Å². The van der Waals surface area contributed by atoms with E-state index in [0.29, 0.717) is 6.42 Å². The average molecular weight is 331 g/mol. The van der Waals surface area contributed by atoms with Gasteiger partial charge in [0, 0.05) is 5.92 Å². The Bertz CT molecular complexity index is 531. The number of ether oxygens (including phenoxy) is 1. The first kappa shape index (κ1) is 13.4. The number of benzene rings is 2. The van der Waals surface area contributed by atoms with Gasteiger partial charge >= 0.3 is 5.97 Å². The van der Waals surface area contributed by atoms with Gasteiger partial charge in [-0.2, -0.15) is 0 Å². The molecule has 0 aliphatic carbocycles. The summed E-state index contributed by atoms with van der Waals surface area (Å²) in [7, 11) is 0. The third-order valence-electron chi connectivity index (χ3n) is 3.67. The number of carbonyl (C=O) groups is 1. The van der Waals surface area contributed by atoms with Gasteiger partial charge in [0.05, 0.1) is 11.2 Å². The number of carbonyl (C=O) groups excluding carboxylic acids is 1. The van der Waals surface area contributed by atoms with Crippen molar-refractivity contribution < 1.29 is 9.53 Å². The summed E-state index contributed by atoms with van der Waals surface area (Å²) in [5, 5.41) is 0. The summed E-state index contributed by atoms with van der Waals surface area (Å²) in [6, 6.07) is 20.0. The van der Waals surface area contributed by atoms with E-state index >= 15 is 0 Å². The molecule has 2 nitrogen and oxygen atoms in total. The zero-order valence-corrected chi connectivity index (χ0v) is 12.5. The molecule has 3 rings (SSSR count). The van der Waals surface area contributed by atoms with Gasteiger partial charge in [-0.15, -0.1) is 0 Å². The molecule has 0 bridgehead atoms. The maximum Gasteiger partial charge on any atom is 0.307 e. The summed E-state index contributed by atoms with van der Waals surface area (Å²) in [6.07, 6.45) is 0.186. The lowest BCUT2D eigenvalue weighted by Crippen LogP contribution is -2.33. The van der Waals surface area contributed by atoms with E-state index in [4.69, 9.17) is 4.74 Å². The molecule has 2 aromatic rings. The predicted molar refractivity (Wildman–Crippen MR) is 81.8 cm³/mol. The molecule has 102 valence electrons. The minimum Gasteiger partial charge on any atom is -0.456 e. The van der Waals surface area contributed by atoms with Crippen LogP contribution in [0.5, 0.6) is 0 Å². The molecular formula is C17H15BrO2. The number of hydrogen-bond donors (Lipinski definition) is 0. The Balaban J connectivity index is 1.92. The van der Waals surface area contributed by atoms with Gasteiger partial charge in [0.15, 0.2) is 0 Å². The van der Waals surface area contributed by atoms with Gasteiger partial charge in [0.25, 0.3) is 0 Å². The smallest absolute Gasteiger partial charge is 0.307 e. The first-order chi connectivity index (χ1) is 9.75. The van der Waals surface area contributed by atoms with Crippen LogP contribution in [0.2, 0.25) is 0 Å². The molecule has 0 radical (unpaired) electrons. The van der Waals surface area contributed by atoms with Crippen molar-refractivity contribution >= 4 is 21.9 Å². The highest BCUT2D eigenvalue weighted by Gasteiger charge is 2.38. The van der Waals surface area contributed by atoms with Crippen LogP contribution in [-0.4, -0.2) is 10.8 Å². The molecule has 3 heteroatoms. The van der Waals surface area contributed by atoms with Crippen LogP contribution < -0.4 is 0 Å². The van der Waals surface area contributed by atoms with Crippen LogP contribution in [0, 0.1) is 0 Å². The maximum atomic E-state index is 11.9. The number of esters is 1. The maximum absolute atomic E-state index is 11.9. The van der Waals surface area contributed by atoms with Crippen LogP contribution in [0.1, 0.15) is 29.6 Å². The molecule has 1 aliphatic heterocycles. The van der Waals surface area contributed by atoms with E-state index in [1.807, 2.05) is 48.5 Å². The molecule has 0 amide bonds. The van der Waals surface area contributed by atoms with Crippen LogP contribution in [0.4, 0.5) is 0 Å². The van der Waals surface area contributed by atoms with E-state index in [2.05, 4.69) is 28.1 Å². The van der Waals surface area contributed by atoms with E-state index in [1.54, 1.807) is 0 Å². The molecule has 3 atom stereocenters. The highest BCUT2D eigenvalue weighted by molar-refractivity contribution is 9.09. The number of alkyl halides is 1. The van der Waals surface area contributed by atoms with E-state index in [9.17, 15) is 4.79 Å². The Morgan fingerprint density at radius 1 is 0.900 bits per heavy atom. The second-order valence-electron chi connectivity index (χ2n) is 4.99. The zero-order valence-electron chi connectivity index (χ0n) is 10.9. The monoisotopic (exact) mass is 330 g/mol. The Labute approximate surface area is 126 Å². The molecule has 1 fully saturated rings. The van der Waals surface area contributed by atoms with Crippen molar-refractivity contribution in [3.05, 3.63) is 71.8 Å². The second-order valence-corrected chi connectivity index (χ2v) is 6.04. The highest BCUT2D eigenvalue weighted by Crippen LogP contribution is 2.42. The minimum atomic E-state index is -0.234. The first-order valence-corrected chi connectivity index (χ1v) is 7.61. The quantitative estimate of drug-likeness (QED) is 0.608. The lowest BCUT2D eigenvalue weighted by molar-refractivity contribution is -0.154. The van der Waals surface area contributed by atoms with Gasteiger partial charge in [0.1, 0.15) is 6.10 Å². The van der Waals surface area contributed by atoms with E-state index in [0.717, 1.165) is 5.56 Å². The van der Waals surface area contributed by atoms with Crippen molar-refractivity contribution in [1.29, 1.82) is 0 Å². The van der Waals surface area contributed by atoms with Crippen molar-refractivity contribution in [3.63, 3.8) is 0 Å². The van der Waals surface area contributed by atoms with Gasteiger partial charge < -0.3 is 4.74 Å². The highest BCUT2D eigenvalue weighted by atomic mass is 79.9. The van der Waals surface area contributed by atoms with Gasteiger partial charge in [-0.3, -0.25) is 4.79 Å². The van der Waals surface area contributed by atoms with E-state index < -0.39 is 0 Å². The van der Waals surface area contributed by atoms with Gasteiger partial charge in [-0.25, -0.2) is 0 Å². The second kappa shape index (κ2) is 5.80. The number of rotatable bonds is 2. The molecule has 1 heterocycles. The lowest BCUT2D eigenvalue weighted by atomic mass is 9.86. The van der Waals surface area contributed by atoms with Gasteiger partial charge in [0.2, 0.25) is 0 Å². The zero-order chi connectivity index (χ0) is 13.9. The molecule has 0 N–H and O–H groups in total. The van der Waals surface area contributed by atoms with Crippen LogP contribution in [-0.2, 0) is 9.53 Å². The van der Waals surface area contributed by atoms with Gasteiger partial charge in [-0.1, -0.05) is 76.6 Å². The fourth-order valence-electron chi connectivity index (χ4n) is 2.65. The Morgan fingerprint density at radius 3 is 2.05 bits per heavy atom. The van der Waals surface area contributed by atoms with E-state index in [1.165, 1.54) is 5.56 Å². The van der Waals surface area contributed by atoms with Crippen LogP contribution in [0.3, 0.4) is 0 Å². The molecule has 0 aromatic heterocycles. The molecule has 20 heavy (non-hydrogen) atoms. The number of hydrogen-bond acceptors (Lipinski definition) is 2. The van der Waals surface area contributed by atoms with Crippen LogP contribution in [0.15, 0.2) is 60.7 Å². The summed E-state index contributed by atoms with van der Waals surface area (Å²) in [5.74, 6) is 0.00561. The predicted octanol–water partition coefficient (Wildman–Crippen LogP) is 4.22. The van der Waals surface area contributed by atoms with Crippen LogP contribution in [0.25, 0.3) is 0 Å². The fourth-order valence-corrected chi connectivity index (χ4v) is 3.56. The molecule has 0 saturated carbocycles. The van der Waals surface area contributed by atoms with Crippen molar-refractivity contribution in [2.24, 2.45) is 0 Å². The summed E-state index contributed by atoms with van der Waals surface area (Å²) in [4.78, 5) is 12.0. The first-order valence-electron chi connectivity index (χ1n) is 6.69. The van der Waals surface area contributed by atoms with Crippen molar-refractivity contribution in [2.45, 2.75) is 23.3 Å². The SMILES string of the molecule is O=C1C[C@H](c2ccccc2)[C@@H](Br)[C@H](c2ccccc2)O1. The number of halogens is 1. The normalized spacial score (nSPS) is 26.1. The summed E-state index contributed by atoms with van der Waals surface area (Å²) < 4.78 is 5.55. The Kier molecular flexibility index (Phi) is 3.88. The lowest BCUT2D eigenvalue weighted by Gasteiger charge is -2.34. The van der Waals surface area contributed by atoms with Crippen molar-refractivity contribution in [3.8, 4) is 0 Å². The summed E-state index contributed by atoms with van der Waals surface area (Å²) >= 11 is 3.74. The number of cyclic esters (lactones) is 1. The molecule has 1 aliphatic rings. The third-order valence-corrected chi connectivity index (χ3v) is 4.79. The van der Waals surface area contributed by atoms with Crippen molar-refractivity contribution in [1.82, 2.24) is 0 Å². The van der Waals surface area contributed by atoms with Crippen LogP contribution >= 0.6 is 15.9 Å². The molecular weight excluding hydrogens is 316 g/mol. The standard InChI is InChI=1S/C17H15BrO2/c18-16-14(12-7-3-1-4-8-12)11-15(19)20-17(16)13-9-5-2-6-10-13/h1-10,14,16-17H,11H2/t14-,16-,17+/m1/s1. The average Bonchev–Trinajstić information content (AvgIpc) is 2.51. The fraction of sp³-hybridized carbons (Fsp3) is 0.235. The summed E-state index contributed by atoms with van der Waals surface area (Å²) in [6.45, 7) is 0. The molecule has 0 unspecified atom stereocenters. The summed E-state index contributed by atoms with van der Waals surface area (Å²) in [5.41, 5.74) is 2.20. The third kappa shape index (κ3) is 2.63. The molecule has 0 spiro atoms. The topological polar surface area (TPSA) is 26.3 Å². The minimum absolute atomic E-state index is 0.0880. The molecule has 2 aromatic carbocycles. The molecule has 1 saturated heterocycles. The Hall–Kier alpha value is -1.61. The largest absolute Gasteiger partial charge is 0.456 e.